The van der Waals surface area contributed by atoms with Crippen molar-refractivity contribution in [2.45, 2.75) is 26.7 Å². The van der Waals surface area contributed by atoms with Crippen molar-refractivity contribution < 1.29 is 19.1 Å². The predicted molar refractivity (Wildman–Crippen MR) is 92.5 cm³/mol. The molecule has 2 aliphatic heterocycles. The van der Waals surface area contributed by atoms with E-state index < -0.39 is 0 Å². The van der Waals surface area contributed by atoms with Crippen molar-refractivity contribution in [1.29, 1.82) is 0 Å². The average Bonchev–Trinajstić information content (AvgIpc) is 3.02. The van der Waals surface area contributed by atoms with Gasteiger partial charge in [-0.05, 0) is 25.2 Å². The summed E-state index contributed by atoms with van der Waals surface area (Å²) in [5.74, 6) is 1.33. The number of aromatic nitrogens is 1. The summed E-state index contributed by atoms with van der Waals surface area (Å²) >= 11 is 0. The number of oxazole rings is 1. The third kappa shape index (κ3) is 4.40. The fraction of sp³-hybridized carbons (Fsp3) is 0.778. The number of aryl methyl sites for hydroxylation is 2. The van der Waals surface area contributed by atoms with Crippen LogP contribution in [0.2, 0.25) is 0 Å². The molecule has 2 aliphatic rings. The van der Waals surface area contributed by atoms with Crippen LogP contribution in [0, 0.1) is 18.8 Å². The monoisotopic (exact) mass is 351 g/mol. The minimum absolute atomic E-state index is 0.102. The van der Waals surface area contributed by atoms with Gasteiger partial charge in [-0.2, -0.15) is 0 Å². The first-order valence-electron chi connectivity index (χ1n) is 9.27. The van der Waals surface area contributed by atoms with Crippen LogP contribution in [0.25, 0.3) is 0 Å². The Bertz CT molecular complexity index is 583. The van der Waals surface area contributed by atoms with Gasteiger partial charge < -0.3 is 19.2 Å². The van der Waals surface area contributed by atoms with Crippen molar-refractivity contribution in [2.75, 3.05) is 52.5 Å². The normalized spacial score (nSPS) is 25.3. The van der Waals surface area contributed by atoms with E-state index in [2.05, 4.69) is 9.88 Å². The molecule has 0 radical (unpaired) electrons. The molecule has 2 saturated heterocycles. The molecule has 2 fully saturated rings. The number of aliphatic hydroxyl groups excluding tert-OH is 1. The molecule has 0 saturated carbocycles. The van der Waals surface area contributed by atoms with E-state index >= 15 is 0 Å². The lowest BCUT2D eigenvalue weighted by molar-refractivity contribution is 0.0123. The Balaban J connectivity index is 1.68. The largest absolute Gasteiger partial charge is 0.435 e. The highest BCUT2D eigenvalue weighted by Gasteiger charge is 2.33. The number of hydrogen-bond donors (Lipinski definition) is 1. The molecule has 140 valence electrons. The quantitative estimate of drug-likeness (QED) is 0.851. The lowest BCUT2D eigenvalue weighted by Gasteiger charge is -2.39. The smallest absolute Gasteiger partial charge is 0.291 e. The van der Waals surface area contributed by atoms with Crippen molar-refractivity contribution in [3.8, 4) is 0 Å². The molecule has 1 amide bonds. The van der Waals surface area contributed by atoms with Gasteiger partial charge in [0.05, 0.1) is 18.9 Å². The molecular formula is C18H29N3O4. The standard InChI is InChI=1S/C18H29N3O4/c1-3-16-19-13(2)17(25-16)18(23)21-10-14(8-15(11-21)12-22)9-20-4-6-24-7-5-20/h14-15,22H,3-12H2,1-2H3/t14-,15-/m1/s1. The number of rotatable bonds is 5. The van der Waals surface area contributed by atoms with Crippen LogP contribution in [0.15, 0.2) is 4.42 Å². The van der Waals surface area contributed by atoms with Gasteiger partial charge in [0, 0.05) is 45.8 Å². The Morgan fingerprint density at radius 3 is 2.64 bits per heavy atom. The van der Waals surface area contributed by atoms with E-state index in [-0.39, 0.29) is 18.4 Å². The minimum atomic E-state index is -0.102. The number of morpholine rings is 1. The lowest BCUT2D eigenvalue weighted by atomic mass is 9.89. The second kappa shape index (κ2) is 8.29. The predicted octanol–water partition coefficient (Wildman–Crippen LogP) is 0.948. The van der Waals surface area contributed by atoms with Crippen LogP contribution in [0.5, 0.6) is 0 Å². The highest BCUT2D eigenvalue weighted by Crippen LogP contribution is 2.25. The molecule has 1 aromatic rings. The molecule has 2 atom stereocenters. The molecule has 3 rings (SSSR count). The highest BCUT2D eigenvalue weighted by atomic mass is 16.5. The maximum absolute atomic E-state index is 12.9. The van der Waals surface area contributed by atoms with Crippen molar-refractivity contribution in [3.63, 3.8) is 0 Å². The van der Waals surface area contributed by atoms with Crippen molar-refractivity contribution in [2.24, 2.45) is 11.8 Å². The number of carbonyl (C=O) groups is 1. The van der Waals surface area contributed by atoms with Crippen molar-refractivity contribution in [1.82, 2.24) is 14.8 Å². The van der Waals surface area contributed by atoms with E-state index in [9.17, 15) is 9.90 Å². The van der Waals surface area contributed by atoms with Crippen LogP contribution in [-0.4, -0.2) is 78.3 Å². The summed E-state index contributed by atoms with van der Waals surface area (Å²) in [6.07, 6.45) is 1.63. The minimum Gasteiger partial charge on any atom is -0.435 e. The van der Waals surface area contributed by atoms with Gasteiger partial charge in [-0.15, -0.1) is 0 Å². The second-order valence-electron chi connectivity index (χ2n) is 7.15. The Morgan fingerprint density at radius 1 is 1.28 bits per heavy atom. The van der Waals surface area contributed by atoms with Crippen LogP contribution in [0.1, 0.15) is 35.5 Å². The molecule has 0 spiro atoms. The van der Waals surface area contributed by atoms with Crippen LogP contribution < -0.4 is 0 Å². The van der Waals surface area contributed by atoms with Crippen molar-refractivity contribution in [3.05, 3.63) is 17.3 Å². The molecule has 1 aromatic heterocycles. The third-order valence-electron chi connectivity index (χ3n) is 5.13. The molecule has 1 N–H and O–H groups in total. The highest BCUT2D eigenvalue weighted by molar-refractivity contribution is 5.92. The number of carbonyl (C=O) groups excluding carboxylic acids is 1. The zero-order valence-electron chi connectivity index (χ0n) is 15.2. The third-order valence-corrected chi connectivity index (χ3v) is 5.13. The van der Waals surface area contributed by atoms with E-state index in [0.717, 1.165) is 39.3 Å². The molecule has 0 unspecified atom stereocenters. The van der Waals surface area contributed by atoms with Gasteiger partial charge in [-0.3, -0.25) is 9.69 Å². The first-order valence-corrected chi connectivity index (χ1v) is 9.27. The summed E-state index contributed by atoms with van der Waals surface area (Å²) < 4.78 is 11.0. The van der Waals surface area contributed by atoms with E-state index in [0.29, 0.717) is 42.8 Å². The van der Waals surface area contributed by atoms with Gasteiger partial charge in [0.1, 0.15) is 0 Å². The molecule has 7 nitrogen and oxygen atoms in total. The first kappa shape index (κ1) is 18.4. The van der Waals surface area contributed by atoms with E-state index in [4.69, 9.17) is 9.15 Å². The Kier molecular flexibility index (Phi) is 6.09. The molecule has 0 bridgehead atoms. The fourth-order valence-electron chi connectivity index (χ4n) is 3.84. The molecule has 25 heavy (non-hydrogen) atoms. The summed E-state index contributed by atoms with van der Waals surface area (Å²) in [6.45, 7) is 9.54. The Morgan fingerprint density at radius 2 is 2.00 bits per heavy atom. The summed E-state index contributed by atoms with van der Waals surface area (Å²) in [6, 6.07) is 0. The van der Waals surface area contributed by atoms with Gasteiger partial charge in [0.25, 0.3) is 5.91 Å². The fourth-order valence-corrected chi connectivity index (χ4v) is 3.84. The Labute approximate surface area is 148 Å². The molecular weight excluding hydrogens is 322 g/mol. The number of nitrogens with zero attached hydrogens (tertiary/aromatic N) is 3. The number of amides is 1. The van der Waals surface area contributed by atoms with Crippen LogP contribution >= 0.6 is 0 Å². The van der Waals surface area contributed by atoms with E-state index in [1.54, 1.807) is 0 Å². The number of ether oxygens (including phenoxy) is 1. The number of likely N-dealkylation sites (tertiary alicyclic amines) is 1. The van der Waals surface area contributed by atoms with Gasteiger partial charge in [0.15, 0.2) is 5.89 Å². The summed E-state index contributed by atoms with van der Waals surface area (Å²) in [5, 5.41) is 9.67. The van der Waals surface area contributed by atoms with E-state index in [1.165, 1.54) is 0 Å². The molecule has 3 heterocycles. The maximum atomic E-state index is 12.9. The summed E-state index contributed by atoms with van der Waals surface area (Å²) in [4.78, 5) is 21.5. The molecule has 0 aromatic carbocycles. The van der Waals surface area contributed by atoms with Crippen molar-refractivity contribution >= 4 is 5.91 Å². The zero-order chi connectivity index (χ0) is 17.8. The number of aliphatic hydroxyl groups is 1. The van der Waals surface area contributed by atoms with E-state index in [1.807, 2.05) is 18.7 Å². The van der Waals surface area contributed by atoms with Crippen LogP contribution in [0.3, 0.4) is 0 Å². The topological polar surface area (TPSA) is 79.0 Å². The summed E-state index contributed by atoms with van der Waals surface area (Å²) in [5.41, 5.74) is 0.651. The van der Waals surface area contributed by atoms with Crippen LogP contribution in [0.4, 0.5) is 0 Å². The number of piperidine rings is 1. The molecule has 7 heteroatoms. The van der Waals surface area contributed by atoms with Crippen LogP contribution in [-0.2, 0) is 11.2 Å². The van der Waals surface area contributed by atoms with Gasteiger partial charge >= 0.3 is 0 Å². The Hall–Kier alpha value is -1.44. The van der Waals surface area contributed by atoms with Gasteiger partial charge in [0.2, 0.25) is 5.76 Å². The second-order valence-corrected chi connectivity index (χ2v) is 7.15. The summed E-state index contributed by atoms with van der Waals surface area (Å²) in [7, 11) is 0. The SMILES string of the molecule is CCc1nc(C)c(C(=O)N2C[C@H](CO)C[C@H](CN3CCOCC3)C2)o1. The van der Waals surface area contributed by atoms with Gasteiger partial charge in [-0.25, -0.2) is 4.98 Å². The zero-order valence-corrected chi connectivity index (χ0v) is 15.2. The van der Waals surface area contributed by atoms with Gasteiger partial charge in [-0.1, -0.05) is 6.92 Å². The average molecular weight is 351 g/mol. The maximum Gasteiger partial charge on any atom is 0.291 e. The molecule has 0 aliphatic carbocycles. The number of hydrogen-bond acceptors (Lipinski definition) is 6. The lowest BCUT2D eigenvalue weighted by Crippen LogP contribution is -2.49. The first-order chi connectivity index (χ1) is 12.1.